The van der Waals surface area contributed by atoms with Gasteiger partial charge in [-0.15, -0.1) is 0 Å². The molecule has 0 aliphatic carbocycles. The zero-order valence-electron chi connectivity index (χ0n) is 11.9. The number of urea groups is 1. The van der Waals surface area contributed by atoms with Gasteiger partial charge >= 0.3 is 6.03 Å². The number of halogens is 2. The van der Waals surface area contributed by atoms with E-state index in [0.29, 0.717) is 35.4 Å². The smallest absolute Gasteiger partial charge is 0.314 e. The van der Waals surface area contributed by atoms with Crippen molar-refractivity contribution in [1.82, 2.24) is 9.80 Å². The number of ether oxygens (including phenoxy) is 1. The highest BCUT2D eigenvalue weighted by molar-refractivity contribution is 6.35. The van der Waals surface area contributed by atoms with Gasteiger partial charge in [0.15, 0.2) is 0 Å². The summed E-state index contributed by atoms with van der Waals surface area (Å²) in [5.41, 5.74) is 6.28. The molecular formula is C14H19Cl2N3O2. The van der Waals surface area contributed by atoms with E-state index >= 15 is 0 Å². The SMILES string of the molecule is COc1c(Cl)cc(Cl)cc1CN1CCCN(C(N)=O)CC1. The van der Waals surface area contributed by atoms with Crippen LogP contribution in [0.3, 0.4) is 0 Å². The molecule has 21 heavy (non-hydrogen) atoms. The fraction of sp³-hybridized carbons (Fsp3) is 0.500. The summed E-state index contributed by atoms with van der Waals surface area (Å²) in [5, 5.41) is 1.10. The third-order valence-corrected chi connectivity index (χ3v) is 4.08. The first kappa shape index (κ1) is 16.2. The normalized spacial score (nSPS) is 16.6. The Morgan fingerprint density at radius 1 is 1.29 bits per heavy atom. The number of rotatable bonds is 3. The molecule has 0 spiro atoms. The Morgan fingerprint density at radius 3 is 2.71 bits per heavy atom. The lowest BCUT2D eigenvalue weighted by Crippen LogP contribution is -2.38. The highest BCUT2D eigenvalue weighted by Gasteiger charge is 2.19. The standard InChI is InChI=1S/C14H19Cl2N3O2/c1-21-13-10(7-11(15)8-12(13)16)9-18-3-2-4-19(6-5-18)14(17)20/h7-8H,2-6,9H2,1H3,(H2,17,20). The van der Waals surface area contributed by atoms with E-state index in [1.807, 2.05) is 6.07 Å². The van der Waals surface area contributed by atoms with E-state index < -0.39 is 0 Å². The predicted octanol–water partition coefficient (Wildman–Crippen LogP) is 2.59. The van der Waals surface area contributed by atoms with E-state index in [4.69, 9.17) is 33.7 Å². The van der Waals surface area contributed by atoms with Gasteiger partial charge in [0.1, 0.15) is 5.75 Å². The molecule has 0 radical (unpaired) electrons. The topological polar surface area (TPSA) is 58.8 Å². The lowest BCUT2D eigenvalue weighted by molar-refractivity contribution is 0.207. The van der Waals surface area contributed by atoms with Crippen LogP contribution in [0, 0.1) is 0 Å². The van der Waals surface area contributed by atoms with Crippen molar-refractivity contribution in [2.45, 2.75) is 13.0 Å². The lowest BCUT2D eigenvalue weighted by atomic mass is 10.2. The molecule has 1 saturated heterocycles. The Kier molecular flexibility index (Phi) is 5.56. The maximum atomic E-state index is 11.2. The first-order valence-electron chi connectivity index (χ1n) is 6.80. The number of carbonyl (C=O) groups is 1. The van der Waals surface area contributed by atoms with E-state index in [1.165, 1.54) is 0 Å². The fourth-order valence-electron chi connectivity index (χ4n) is 2.55. The van der Waals surface area contributed by atoms with Crippen molar-refractivity contribution in [2.24, 2.45) is 5.73 Å². The van der Waals surface area contributed by atoms with Gasteiger partial charge in [-0.2, -0.15) is 0 Å². The molecular weight excluding hydrogens is 313 g/mol. The molecule has 1 aromatic rings. The van der Waals surface area contributed by atoms with Crippen LogP contribution in [0.25, 0.3) is 0 Å². The van der Waals surface area contributed by atoms with Crippen molar-refractivity contribution in [3.8, 4) is 5.75 Å². The zero-order valence-corrected chi connectivity index (χ0v) is 13.5. The van der Waals surface area contributed by atoms with Crippen LogP contribution in [0.15, 0.2) is 12.1 Å². The molecule has 5 nitrogen and oxygen atoms in total. The highest BCUT2D eigenvalue weighted by Crippen LogP contribution is 2.33. The van der Waals surface area contributed by atoms with Gasteiger partial charge in [-0.1, -0.05) is 23.2 Å². The van der Waals surface area contributed by atoms with Gasteiger partial charge in [-0.3, -0.25) is 4.90 Å². The monoisotopic (exact) mass is 331 g/mol. The molecule has 1 heterocycles. The summed E-state index contributed by atoms with van der Waals surface area (Å²) in [5.74, 6) is 0.650. The second-order valence-corrected chi connectivity index (χ2v) is 5.88. The van der Waals surface area contributed by atoms with Crippen LogP contribution in [-0.4, -0.2) is 49.1 Å². The Labute approximate surface area is 134 Å². The van der Waals surface area contributed by atoms with Gasteiger partial charge in [0.05, 0.1) is 12.1 Å². The molecule has 2 N–H and O–H groups in total. The van der Waals surface area contributed by atoms with E-state index in [9.17, 15) is 4.79 Å². The zero-order chi connectivity index (χ0) is 15.4. The Hall–Kier alpha value is -1.17. The van der Waals surface area contributed by atoms with Crippen molar-refractivity contribution in [1.29, 1.82) is 0 Å². The minimum absolute atomic E-state index is 0.361. The summed E-state index contributed by atoms with van der Waals surface area (Å²) in [7, 11) is 1.59. The van der Waals surface area contributed by atoms with E-state index in [1.54, 1.807) is 18.1 Å². The molecule has 116 valence electrons. The van der Waals surface area contributed by atoms with Crippen molar-refractivity contribution in [2.75, 3.05) is 33.3 Å². The third kappa shape index (κ3) is 4.15. The molecule has 0 bridgehead atoms. The number of nitrogens with two attached hydrogens (primary N) is 1. The van der Waals surface area contributed by atoms with E-state index in [0.717, 1.165) is 25.1 Å². The summed E-state index contributed by atoms with van der Waals surface area (Å²) >= 11 is 12.2. The maximum Gasteiger partial charge on any atom is 0.314 e. The first-order valence-corrected chi connectivity index (χ1v) is 7.55. The van der Waals surface area contributed by atoms with Crippen LogP contribution < -0.4 is 10.5 Å². The van der Waals surface area contributed by atoms with Gasteiger partial charge in [-0.25, -0.2) is 4.79 Å². The van der Waals surface area contributed by atoms with E-state index in [-0.39, 0.29) is 6.03 Å². The Bertz CT molecular complexity index is 525. The summed E-state index contributed by atoms with van der Waals surface area (Å²) < 4.78 is 5.36. The van der Waals surface area contributed by atoms with Gasteiger partial charge in [0, 0.05) is 43.3 Å². The number of carbonyl (C=O) groups excluding carboxylic acids is 1. The molecule has 1 aromatic carbocycles. The summed E-state index contributed by atoms with van der Waals surface area (Å²) in [6.07, 6.45) is 0.888. The van der Waals surface area contributed by atoms with Crippen LogP contribution in [0.4, 0.5) is 4.79 Å². The summed E-state index contributed by atoms with van der Waals surface area (Å²) in [6.45, 7) is 3.65. The highest BCUT2D eigenvalue weighted by atomic mass is 35.5. The first-order chi connectivity index (χ1) is 10.0. The number of hydrogen-bond acceptors (Lipinski definition) is 3. The van der Waals surface area contributed by atoms with Gasteiger partial charge < -0.3 is 15.4 Å². The molecule has 0 saturated carbocycles. The van der Waals surface area contributed by atoms with Gasteiger partial charge in [0.25, 0.3) is 0 Å². The molecule has 1 fully saturated rings. The van der Waals surface area contributed by atoms with Crippen molar-refractivity contribution in [3.05, 3.63) is 27.7 Å². The largest absolute Gasteiger partial charge is 0.495 e. The fourth-order valence-corrected chi connectivity index (χ4v) is 3.16. The van der Waals surface area contributed by atoms with Crippen molar-refractivity contribution in [3.63, 3.8) is 0 Å². The minimum Gasteiger partial charge on any atom is -0.495 e. The van der Waals surface area contributed by atoms with Crippen LogP contribution >= 0.6 is 23.2 Å². The number of nitrogens with zero attached hydrogens (tertiary/aromatic N) is 2. The number of methoxy groups -OCH3 is 1. The van der Waals surface area contributed by atoms with Crippen LogP contribution in [-0.2, 0) is 6.54 Å². The number of primary amides is 1. The Balaban J connectivity index is 2.10. The molecule has 0 unspecified atom stereocenters. The number of hydrogen-bond donors (Lipinski definition) is 1. The third-order valence-electron chi connectivity index (χ3n) is 3.58. The second-order valence-electron chi connectivity index (χ2n) is 5.03. The molecule has 1 aliphatic heterocycles. The van der Waals surface area contributed by atoms with Crippen LogP contribution in [0.1, 0.15) is 12.0 Å². The van der Waals surface area contributed by atoms with Crippen LogP contribution in [0.2, 0.25) is 10.0 Å². The second kappa shape index (κ2) is 7.20. The van der Waals surface area contributed by atoms with Crippen LogP contribution in [0.5, 0.6) is 5.75 Å². The van der Waals surface area contributed by atoms with Gasteiger partial charge in [-0.05, 0) is 18.6 Å². The molecule has 2 rings (SSSR count). The number of amides is 2. The lowest BCUT2D eigenvalue weighted by Gasteiger charge is -2.22. The quantitative estimate of drug-likeness (QED) is 0.926. The van der Waals surface area contributed by atoms with Crippen molar-refractivity contribution >= 4 is 29.2 Å². The maximum absolute atomic E-state index is 11.2. The minimum atomic E-state index is -0.361. The average molecular weight is 332 g/mol. The van der Waals surface area contributed by atoms with Gasteiger partial charge in [0.2, 0.25) is 0 Å². The summed E-state index contributed by atoms with van der Waals surface area (Å²) in [6, 6.07) is 3.17. The molecule has 0 atom stereocenters. The molecule has 2 amide bonds. The molecule has 1 aliphatic rings. The Morgan fingerprint density at radius 2 is 2.05 bits per heavy atom. The molecule has 7 heteroatoms. The number of benzene rings is 1. The van der Waals surface area contributed by atoms with Crippen molar-refractivity contribution < 1.29 is 9.53 Å². The predicted molar refractivity (Wildman–Crippen MR) is 84.1 cm³/mol. The molecule has 0 aromatic heterocycles. The summed E-state index contributed by atoms with van der Waals surface area (Å²) in [4.78, 5) is 15.1. The average Bonchev–Trinajstić information content (AvgIpc) is 2.64. The van der Waals surface area contributed by atoms with E-state index in [2.05, 4.69) is 4.90 Å².